The van der Waals surface area contributed by atoms with Gasteiger partial charge in [-0.3, -0.25) is 9.36 Å². The molecule has 2 aromatic rings. The van der Waals surface area contributed by atoms with Gasteiger partial charge in [0.1, 0.15) is 12.7 Å². The summed E-state index contributed by atoms with van der Waals surface area (Å²) in [5.74, 6) is 0.0287. The van der Waals surface area contributed by atoms with E-state index in [1.54, 1.807) is 12.7 Å². The second kappa shape index (κ2) is 7.58. The van der Waals surface area contributed by atoms with E-state index in [1.807, 2.05) is 28.8 Å². The van der Waals surface area contributed by atoms with Gasteiger partial charge < -0.3 is 10.2 Å². The van der Waals surface area contributed by atoms with E-state index in [2.05, 4.69) is 20.4 Å². The zero-order chi connectivity index (χ0) is 17.8. The number of rotatable bonds is 5. The lowest BCUT2D eigenvalue weighted by Gasteiger charge is -2.41. The summed E-state index contributed by atoms with van der Waals surface area (Å²) >= 11 is 0. The van der Waals surface area contributed by atoms with Gasteiger partial charge in [-0.05, 0) is 57.0 Å². The van der Waals surface area contributed by atoms with E-state index < -0.39 is 0 Å². The van der Waals surface area contributed by atoms with Crippen molar-refractivity contribution in [1.82, 2.24) is 25.0 Å². The van der Waals surface area contributed by atoms with Crippen LogP contribution in [0.4, 0.5) is 0 Å². The molecule has 0 spiro atoms. The van der Waals surface area contributed by atoms with E-state index in [0.717, 1.165) is 25.1 Å². The monoisotopic (exact) mass is 353 g/mol. The molecule has 138 valence electrons. The quantitative estimate of drug-likeness (QED) is 0.898. The molecule has 0 atom stereocenters. The van der Waals surface area contributed by atoms with Gasteiger partial charge in [0.05, 0.1) is 5.54 Å². The van der Waals surface area contributed by atoms with Crippen molar-refractivity contribution in [3.8, 4) is 5.69 Å². The Morgan fingerprint density at radius 3 is 2.50 bits per heavy atom. The van der Waals surface area contributed by atoms with Crippen LogP contribution in [0, 0.1) is 0 Å². The van der Waals surface area contributed by atoms with Crippen LogP contribution in [0.5, 0.6) is 0 Å². The molecule has 6 nitrogen and oxygen atoms in total. The summed E-state index contributed by atoms with van der Waals surface area (Å²) in [4.78, 5) is 15.6. The standard InChI is InChI=1S/C20H27N5O/c26-19(17-7-6-8-18(13-17)25-15-21-22-16-25)23-20(9-2-1-3-10-20)14-24-11-4-5-12-24/h6-8,13,15-16H,1-5,9-12,14H2,(H,23,26). The first-order chi connectivity index (χ1) is 12.7. The third-order valence-electron chi connectivity index (χ3n) is 5.74. The van der Waals surface area contributed by atoms with Crippen LogP contribution in [0.25, 0.3) is 5.69 Å². The molecule has 1 saturated heterocycles. The molecule has 1 saturated carbocycles. The van der Waals surface area contributed by atoms with E-state index >= 15 is 0 Å². The first-order valence-electron chi connectivity index (χ1n) is 9.74. The lowest BCUT2D eigenvalue weighted by atomic mass is 9.81. The predicted octanol–water partition coefficient (Wildman–Crippen LogP) is 2.80. The molecule has 2 aliphatic rings. The summed E-state index contributed by atoms with van der Waals surface area (Å²) in [5.41, 5.74) is 1.52. The van der Waals surface area contributed by atoms with Crippen LogP contribution in [-0.2, 0) is 0 Å². The maximum Gasteiger partial charge on any atom is 0.251 e. The average Bonchev–Trinajstić information content (AvgIpc) is 3.36. The largest absolute Gasteiger partial charge is 0.345 e. The molecule has 1 amide bonds. The van der Waals surface area contributed by atoms with E-state index in [0.29, 0.717) is 5.56 Å². The Bertz CT molecular complexity index is 730. The molecule has 0 unspecified atom stereocenters. The number of hydrogen-bond acceptors (Lipinski definition) is 4. The van der Waals surface area contributed by atoms with Gasteiger partial charge in [0.15, 0.2) is 0 Å². The van der Waals surface area contributed by atoms with Gasteiger partial charge in [-0.15, -0.1) is 10.2 Å². The predicted molar refractivity (Wildman–Crippen MR) is 100 cm³/mol. The summed E-state index contributed by atoms with van der Waals surface area (Å²) in [7, 11) is 0. The van der Waals surface area contributed by atoms with Crippen molar-refractivity contribution in [2.45, 2.75) is 50.5 Å². The highest BCUT2D eigenvalue weighted by Gasteiger charge is 2.36. The molecular formula is C20H27N5O. The second-order valence-corrected chi connectivity index (χ2v) is 7.70. The van der Waals surface area contributed by atoms with Gasteiger partial charge in [-0.2, -0.15) is 0 Å². The Labute approximate surface area is 154 Å². The summed E-state index contributed by atoms with van der Waals surface area (Å²) in [6.45, 7) is 3.32. The van der Waals surface area contributed by atoms with Gasteiger partial charge in [-0.1, -0.05) is 25.3 Å². The fourth-order valence-electron chi connectivity index (χ4n) is 4.37. The lowest BCUT2D eigenvalue weighted by Crippen LogP contribution is -2.56. The highest BCUT2D eigenvalue weighted by atomic mass is 16.1. The number of amides is 1. The molecule has 1 aliphatic carbocycles. The van der Waals surface area contributed by atoms with Crippen molar-refractivity contribution in [2.24, 2.45) is 0 Å². The Hall–Kier alpha value is -2.21. The maximum atomic E-state index is 13.0. The van der Waals surface area contributed by atoms with Crippen LogP contribution in [0.1, 0.15) is 55.3 Å². The van der Waals surface area contributed by atoms with Crippen molar-refractivity contribution in [1.29, 1.82) is 0 Å². The number of carbonyl (C=O) groups excluding carboxylic acids is 1. The third kappa shape index (κ3) is 3.80. The van der Waals surface area contributed by atoms with Crippen molar-refractivity contribution in [2.75, 3.05) is 19.6 Å². The number of hydrogen-bond donors (Lipinski definition) is 1. The van der Waals surface area contributed by atoms with Crippen LogP contribution in [-0.4, -0.2) is 50.7 Å². The van der Waals surface area contributed by atoms with E-state index in [1.165, 1.54) is 45.2 Å². The van der Waals surface area contributed by atoms with Gasteiger partial charge in [-0.25, -0.2) is 0 Å². The van der Waals surface area contributed by atoms with Gasteiger partial charge in [0.25, 0.3) is 5.91 Å². The minimum atomic E-state index is -0.0771. The maximum absolute atomic E-state index is 13.0. The molecule has 2 fully saturated rings. The first kappa shape index (κ1) is 17.2. The fourth-order valence-corrected chi connectivity index (χ4v) is 4.37. The van der Waals surface area contributed by atoms with Crippen molar-refractivity contribution in [3.05, 3.63) is 42.5 Å². The number of nitrogens with zero attached hydrogens (tertiary/aromatic N) is 4. The van der Waals surface area contributed by atoms with Crippen molar-refractivity contribution in [3.63, 3.8) is 0 Å². The molecule has 26 heavy (non-hydrogen) atoms. The highest BCUT2D eigenvalue weighted by Crippen LogP contribution is 2.30. The summed E-state index contributed by atoms with van der Waals surface area (Å²) < 4.78 is 1.82. The number of aromatic nitrogens is 3. The second-order valence-electron chi connectivity index (χ2n) is 7.70. The van der Waals surface area contributed by atoms with E-state index in [-0.39, 0.29) is 11.4 Å². The van der Waals surface area contributed by atoms with Crippen LogP contribution >= 0.6 is 0 Å². The van der Waals surface area contributed by atoms with Crippen molar-refractivity contribution < 1.29 is 4.79 Å². The molecule has 1 N–H and O–H groups in total. The topological polar surface area (TPSA) is 63.1 Å². The molecule has 2 heterocycles. The molecule has 0 radical (unpaired) electrons. The molecule has 1 aromatic carbocycles. The lowest BCUT2D eigenvalue weighted by molar-refractivity contribution is 0.0822. The molecule has 4 rings (SSSR count). The third-order valence-corrected chi connectivity index (χ3v) is 5.74. The van der Waals surface area contributed by atoms with Crippen LogP contribution < -0.4 is 5.32 Å². The highest BCUT2D eigenvalue weighted by molar-refractivity contribution is 5.95. The molecule has 0 bridgehead atoms. The number of benzene rings is 1. The van der Waals surface area contributed by atoms with Crippen LogP contribution in [0.15, 0.2) is 36.9 Å². The normalized spacial score (nSPS) is 20.2. The number of likely N-dealkylation sites (tertiary alicyclic amines) is 1. The van der Waals surface area contributed by atoms with Crippen LogP contribution in [0.3, 0.4) is 0 Å². The fraction of sp³-hybridized carbons (Fsp3) is 0.550. The average molecular weight is 353 g/mol. The van der Waals surface area contributed by atoms with Gasteiger partial charge >= 0.3 is 0 Å². The summed E-state index contributed by atoms with van der Waals surface area (Å²) in [5, 5.41) is 11.1. The number of carbonyl (C=O) groups is 1. The zero-order valence-electron chi connectivity index (χ0n) is 15.2. The van der Waals surface area contributed by atoms with Crippen LogP contribution in [0.2, 0.25) is 0 Å². The summed E-state index contributed by atoms with van der Waals surface area (Å²) in [6.07, 6.45) is 11.7. The Morgan fingerprint density at radius 2 is 1.77 bits per heavy atom. The van der Waals surface area contributed by atoms with Gasteiger partial charge in [0.2, 0.25) is 0 Å². The number of nitrogens with one attached hydrogen (secondary N) is 1. The zero-order valence-corrected chi connectivity index (χ0v) is 15.2. The summed E-state index contributed by atoms with van der Waals surface area (Å²) in [6, 6.07) is 7.67. The Morgan fingerprint density at radius 1 is 1.04 bits per heavy atom. The molecular weight excluding hydrogens is 326 g/mol. The molecule has 1 aliphatic heterocycles. The molecule has 6 heteroatoms. The minimum absolute atomic E-state index is 0.0287. The first-order valence-corrected chi connectivity index (χ1v) is 9.74. The smallest absolute Gasteiger partial charge is 0.251 e. The Balaban J connectivity index is 1.51. The Kier molecular flexibility index (Phi) is 5.02. The van der Waals surface area contributed by atoms with Gasteiger partial charge in [0, 0.05) is 17.8 Å². The molecule has 1 aromatic heterocycles. The SMILES string of the molecule is O=C(NC1(CN2CCCC2)CCCCC1)c1cccc(-n2cnnc2)c1. The van der Waals surface area contributed by atoms with E-state index in [4.69, 9.17) is 0 Å². The van der Waals surface area contributed by atoms with Crippen molar-refractivity contribution >= 4 is 5.91 Å². The van der Waals surface area contributed by atoms with E-state index in [9.17, 15) is 4.79 Å². The minimum Gasteiger partial charge on any atom is -0.345 e.